The normalized spacial score (nSPS) is 11.9. The van der Waals surface area contributed by atoms with Gasteiger partial charge >= 0.3 is 0 Å². The van der Waals surface area contributed by atoms with E-state index >= 15 is 0 Å². The van der Waals surface area contributed by atoms with Crippen molar-refractivity contribution in [1.82, 2.24) is 4.57 Å². The van der Waals surface area contributed by atoms with Crippen molar-refractivity contribution < 1.29 is 14.3 Å². The van der Waals surface area contributed by atoms with Crippen molar-refractivity contribution in [1.29, 1.82) is 0 Å². The first kappa shape index (κ1) is 21.3. The molecule has 28 heavy (non-hydrogen) atoms. The third-order valence-corrected chi connectivity index (χ3v) is 5.84. The van der Waals surface area contributed by atoms with Crippen molar-refractivity contribution in [2.75, 3.05) is 19.8 Å². The fourth-order valence-corrected chi connectivity index (χ4v) is 4.61. The van der Waals surface area contributed by atoms with E-state index in [9.17, 15) is 4.79 Å². The number of rotatable bonds is 7. The zero-order chi connectivity index (χ0) is 20.1. The molecule has 0 spiro atoms. The highest BCUT2D eigenvalue weighted by molar-refractivity contribution is 9.10. The fraction of sp³-hybridized carbons (Fsp3) is 0.263. The summed E-state index contributed by atoms with van der Waals surface area (Å²) >= 11 is 16.9. The molecule has 9 heteroatoms. The van der Waals surface area contributed by atoms with E-state index in [1.54, 1.807) is 18.2 Å². The molecule has 0 fully saturated rings. The quantitative estimate of drug-likeness (QED) is 0.410. The molecular weight excluding hydrogens is 487 g/mol. The van der Waals surface area contributed by atoms with Gasteiger partial charge in [0.2, 0.25) is 0 Å². The van der Waals surface area contributed by atoms with E-state index in [2.05, 4.69) is 20.9 Å². The maximum Gasteiger partial charge on any atom is 0.286 e. The second-order valence-corrected chi connectivity index (χ2v) is 8.48. The van der Waals surface area contributed by atoms with Crippen molar-refractivity contribution in [2.24, 2.45) is 4.99 Å². The molecule has 0 N–H and O–H groups in total. The van der Waals surface area contributed by atoms with Crippen molar-refractivity contribution in [3.8, 4) is 5.75 Å². The molecule has 0 aliphatic carbocycles. The maximum atomic E-state index is 12.4. The molecule has 1 heterocycles. The minimum absolute atomic E-state index is 0.218. The van der Waals surface area contributed by atoms with Crippen LogP contribution in [0.1, 0.15) is 6.92 Å². The van der Waals surface area contributed by atoms with Gasteiger partial charge in [-0.2, -0.15) is 4.99 Å². The van der Waals surface area contributed by atoms with E-state index < -0.39 is 5.91 Å². The lowest BCUT2D eigenvalue weighted by Crippen LogP contribution is -2.21. The standard InChI is InChI=1S/C19H17BrCl2N2O3S/c1-2-26-8-7-24-15-5-3-12(20)9-17(15)28-19(24)23-18(25)11-27-16-6-4-13(21)10-14(16)22/h3-6,9-10H,2,7-8,11H2,1H3. The number of carbonyl (C=O) groups is 1. The van der Waals surface area contributed by atoms with Gasteiger partial charge in [-0.25, -0.2) is 0 Å². The summed E-state index contributed by atoms with van der Waals surface area (Å²) in [6.45, 7) is 3.50. The van der Waals surface area contributed by atoms with Gasteiger partial charge in [-0.05, 0) is 43.3 Å². The Balaban J connectivity index is 1.84. The Labute approximate surface area is 184 Å². The molecule has 0 unspecified atom stereocenters. The number of fused-ring (bicyclic) bond motifs is 1. The number of benzene rings is 2. The third kappa shape index (κ3) is 5.36. The molecular formula is C19H17BrCl2N2O3S. The van der Waals surface area contributed by atoms with Crippen LogP contribution in [0.5, 0.6) is 5.75 Å². The summed E-state index contributed by atoms with van der Waals surface area (Å²) in [7, 11) is 0. The van der Waals surface area contributed by atoms with Crippen LogP contribution in [0.2, 0.25) is 10.0 Å². The summed E-state index contributed by atoms with van der Waals surface area (Å²) in [4.78, 5) is 17.2. The van der Waals surface area contributed by atoms with Crippen LogP contribution in [0.25, 0.3) is 10.2 Å². The van der Waals surface area contributed by atoms with Crippen molar-refractivity contribution in [2.45, 2.75) is 13.5 Å². The Kier molecular flexibility index (Phi) is 7.54. The van der Waals surface area contributed by atoms with E-state index in [4.69, 9.17) is 32.7 Å². The number of ether oxygens (including phenoxy) is 2. The van der Waals surface area contributed by atoms with Crippen LogP contribution >= 0.6 is 50.5 Å². The minimum Gasteiger partial charge on any atom is -0.482 e. The number of carbonyl (C=O) groups excluding carboxylic acids is 1. The summed E-state index contributed by atoms with van der Waals surface area (Å²) < 4.78 is 14.9. The molecule has 0 aliphatic rings. The largest absolute Gasteiger partial charge is 0.482 e. The molecule has 0 radical (unpaired) electrons. The van der Waals surface area contributed by atoms with Crippen molar-refractivity contribution >= 4 is 66.6 Å². The highest BCUT2D eigenvalue weighted by Crippen LogP contribution is 2.27. The zero-order valence-corrected chi connectivity index (χ0v) is 18.9. The molecule has 3 rings (SSSR count). The second kappa shape index (κ2) is 9.89. The van der Waals surface area contributed by atoms with Gasteiger partial charge < -0.3 is 14.0 Å². The maximum absolute atomic E-state index is 12.4. The smallest absolute Gasteiger partial charge is 0.286 e. The summed E-state index contributed by atoms with van der Waals surface area (Å²) in [6.07, 6.45) is 0. The predicted molar refractivity (Wildman–Crippen MR) is 117 cm³/mol. The molecule has 2 aromatic carbocycles. The van der Waals surface area contributed by atoms with Gasteiger partial charge in [-0.1, -0.05) is 50.5 Å². The molecule has 148 valence electrons. The number of nitrogens with zero attached hydrogens (tertiary/aromatic N) is 2. The average Bonchev–Trinajstić information content (AvgIpc) is 2.97. The van der Waals surface area contributed by atoms with Gasteiger partial charge in [0.1, 0.15) is 5.75 Å². The molecule has 0 aliphatic heterocycles. The van der Waals surface area contributed by atoms with Crippen LogP contribution in [-0.2, 0) is 16.1 Å². The summed E-state index contributed by atoms with van der Waals surface area (Å²) in [6, 6.07) is 10.8. The number of amides is 1. The zero-order valence-electron chi connectivity index (χ0n) is 15.0. The average molecular weight is 504 g/mol. The lowest BCUT2D eigenvalue weighted by Gasteiger charge is -2.07. The first-order valence-electron chi connectivity index (χ1n) is 8.50. The van der Waals surface area contributed by atoms with Gasteiger partial charge in [-0.3, -0.25) is 4.79 Å². The minimum atomic E-state index is -0.401. The van der Waals surface area contributed by atoms with E-state index in [0.29, 0.717) is 40.4 Å². The van der Waals surface area contributed by atoms with Crippen molar-refractivity contribution in [3.63, 3.8) is 0 Å². The Bertz CT molecular complexity index is 1070. The molecule has 0 saturated carbocycles. The Morgan fingerprint density at radius 1 is 1.25 bits per heavy atom. The number of halogens is 3. The summed E-state index contributed by atoms with van der Waals surface area (Å²) in [5.41, 5.74) is 1.00. The topological polar surface area (TPSA) is 52.8 Å². The van der Waals surface area contributed by atoms with Crippen LogP contribution in [0, 0.1) is 0 Å². The van der Waals surface area contributed by atoms with Crippen molar-refractivity contribution in [3.05, 3.63) is 55.7 Å². The monoisotopic (exact) mass is 502 g/mol. The Morgan fingerprint density at radius 3 is 2.82 bits per heavy atom. The van der Waals surface area contributed by atoms with Gasteiger partial charge in [-0.15, -0.1) is 0 Å². The number of thiazole rings is 1. The predicted octanol–water partition coefficient (Wildman–Crippen LogP) is 5.31. The second-order valence-electron chi connectivity index (χ2n) is 5.71. The molecule has 3 aromatic rings. The van der Waals surface area contributed by atoms with Crippen LogP contribution in [0.15, 0.2) is 45.9 Å². The molecule has 0 atom stereocenters. The first-order valence-corrected chi connectivity index (χ1v) is 10.9. The molecule has 1 amide bonds. The highest BCUT2D eigenvalue weighted by atomic mass is 79.9. The van der Waals surface area contributed by atoms with Crippen LogP contribution in [0.4, 0.5) is 0 Å². The van der Waals surface area contributed by atoms with Gasteiger partial charge in [0.05, 0.1) is 21.8 Å². The summed E-state index contributed by atoms with van der Waals surface area (Å²) in [5, 5.41) is 0.846. The first-order chi connectivity index (χ1) is 13.5. The van der Waals surface area contributed by atoms with Gasteiger partial charge in [0, 0.05) is 22.6 Å². The van der Waals surface area contributed by atoms with E-state index in [1.165, 1.54) is 11.3 Å². The molecule has 0 saturated heterocycles. The van der Waals surface area contributed by atoms with Crippen LogP contribution in [0.3, 0.4) is 0 Å². The lowest BCUT2D eigenvalue weighted by atomic mass is 10.3. The molecule has 5 nitrogen and oxygen atoms in total. The SMILES string of the molecule is CCOCCn1c(=NC(=O)COc2ccc(Cl)cc2Cl)sc2cc(Br)ccc21. The molecule has 1 aromatic heterocycles. The van der Waals surface area contributed by atoms with Gasteiger partial charge in [0.15, 0.2) is 11.4 Å². The Morgan fingerprint density at radius 2 is 2.07 bits per heavy atom. The fourth-order valence-electron chi connectivity index (χ4n) is 2.52. The number of hydrogen-bond donors (Lipinski definition) is 0. The third-order valence-electron chi connectivity index (χ3n) is 3.77. The Hall–Kier alpha value is -1.38. The van der Waals surface area contributed by atoms with E-state index in [1.807, 2.05) is 29.7 Å². The molecule has 0 bridgehead atoms. The van der Waals surface area contributed by atoms with Crippen LogP contribution in [-0.4, -0.2) is 30.3 Å². The lowest BCUT2D eigenvalue weighted by molar-refractivity contribution is -0.120. The summed E-state index contributed by atoms with van der Waals surface area (Å²) in [5.74, 6) is -0.0130. The van der Waals surface area contributed by atoms with Crippen LogP contribution < -0.4 is 9.54 Å². The number of hydrogen-bond acceptors (Lipinski definition) is 4. The van der Waals surface area contributed by atoms with E-state index in [-0.39, 0.29) is 6.61 Å². The number of aromatic nitrogens is 1. The van der Waals surface area contributed by atoms with E-state index in [0.717, 1.165) is 14.7 Å². The highest BCUT2D eigenvalue weighted by Gasteiger charge is 2.10. The van der Waals surface area contributed by atoms with Gasteiger partial charge in [0.25, 0.3) is 5.91 Å².